The molecule has 0 saturated carbocycles. The largest absolute Gasteiger partial charge is 0.465 e. The van der Waals surface area contributed by atoms with Gasteiger partial charge in [-0.15, -0.1) is 0 Å². The minimum absolute atomic E-state index is 0.129. The lowest BCUT2D eigenvalue weighted by Gasteiger charge is -2.16. The molecule has 5 heteroatoms. The van der Waals surface area contributed by atoms with E-state index in [0.717, 1.165) is 25.2 Å². The topological polar surface area (TPSA) is 24.9 Å². The van der Waals surface area contributed by atoms with Crippen LogP contribution in [0.2, 0.25) is 0 Å². The SMILES string of the molecule is CN(C)c1ccc([S+](c2ccc(N(C)C)cc2)c2cccc(OC3CCCO3)c2)cc1. The Hall–Kier alpha value is -2.63. The summed E-state index contributed by atoms with van der Waals surface area (Å²) in [4.78, 5) is 8.08. The monoisotopic (exact) mass is 435 g/mol. The Bertz CT molecular complexity index is 930. The van der Waals surface area contributed by atoms with Crippen molar-refractivity contribution < 1.29 is 9.47 Å². The molecule has 4 nitrogen and oxygen atoms in total. The van der Waals surface area contributed by atoms with Crippen LogP contribution in [-0.4, -0.2) is 41.1 Å². The molecule has 162 valence electrons. The first-order valence-corrected chi connectivity index (χ1v) is 11.9. The minimum atomic E-state index is -0.229. The first-order valence-electron chi connectivity index (χ1n) is 10.7. The zero-order chi connectivity index (χ0) is 21.8. The molecule has 3 aromatic rings. The maximum atomic E-state index is 6.11. The van der Waals surface area contributed by atoms with Gasteiger partial charge in [-0.1, -0.05) is 6.07 Å². The number of hydrogen-bond donors (Lipinski definition) is 0. The summed E-state index contributed by atoms with van der Waals surface area (Å²) in [6.07, 6.45) is 1.88. The fourth-order valence-corrected chi connectivity index (χ4v) is 5.72. The average Bonchev–Trinajstić information content (AvgIpc) is 3.28. The third-order valence-electron chi connectivity index (χ3n) is 5.37. The number of nitrogens with zero attached hydrogens (tertiary/aromatic N) is 2. The summed E-state index contributed by atoms with van der Waals surface area (Å²) in [5, 5.41) is 0. The van der Waals surface area contributed by atoms with Gasteiger partial charge in [0.05, 0.1) is 17.5 Å². The first-order chi connectivity index (χ1) is 15.0. The van der Waals surface area contributed by atoms with Crippen molar-refractivity contribution in [1.29, 1.82) is 0 Å². The molecule has 3 aromatic carbocycles. The van der Waals surface area contributed by atoms with Crippen LogP contribution in [0, 0.1) is 0 Å². The molecule has 0 spiro atoms. The predicted octanol–water partition coefficient (Wildman–Crippen LogP) is 5.43. The van der Waals surface area contributed by atoms with Crippen LogP contribution in [0.15, 0.2) is 87.5 Å². The molecule has 1 atom stereocenters. The fraction of sp³-hybridized carbons (Fsp3) is 0.308. The number of hydrogen-bond acceptors (Lipinski definition) is 4. The normalized spacial score (nSPS) is 15.8. The van der Waals surface area contributed by atoms with Crippen molar-refractivity contribution >= 4 is 22.3 Å². The standard InChI is InChI=1S/C26H31N2O2S/c1-27(2)20-10-14-23(15-11-20)31(24-16-12-21(13-17-24)28(3)4)25-8-5-7-22(19-25)30-26-9-6-18-29-26/h5,7-8,10-17,19,26H,6,9,18H2,1-4H3/q+1. The maximum Gasteiger partial charge on any atom is 0.199 e. The lowest BCUT2D eigenvalue weighted by atomic mass is 10.3. The Balaban J connectivity index is 1.71. The number of benzene rings is 3. The van der Waals surface area contributed by atoms with Crippen LogP contribution in [0.25, 0.3) is 0 Å². The van der Waals surface area contributed by atoms with Gasteiger partial charge in [0.2, 0.25) is 0 Å². The van der Waals surface area contributed by atoms with Crippen molar-refractivity contribution in [2.75, 3.05) is 44.6 Å². The molecular weight excluding hydrogens is 404 g/mol. The van der Waals surface area contributed by atoms with Crippen molar-refractivity contribution in [3.63, 3.8) is 0 Å². The summed E-state index contributed by atoms with van der Waals surface area (Å²) >= 11 is 0. The molecule has 0 bridgehead atoms. The summed E-state index contributed by atoms with van der Waals surface area (Å²) in [6.45, 7) is 0.783. The van der Waals surface area contributed by atoms with Crippen LogP contribution in [0.3, 0.4) is 0 Å². The molecule has 1 fully saturated rings. The number of ether oxygens (including phenoxy) is 2. The highest BCUT2D eigenvalue weighted by Gasteiger charge is 2.30. The van der Waals surface area contributed by atoms with E-state index in [4.69, 9.17) is 9.47 Å². The summed E-state index contributed by atoms with van der Waals surface area (Å²) in [6, 6.07) is 26.2. The van der Waals surface area contributed by atoms with Gasteiger partial charge in [0.25, 0.3) is 0 Å². The van der Waals surface area contributed by atoms with Gasteiger partial charge in [0.1, 0.15) is 5.75 Å². The van der Waals surface area contributed by atoms with Crippen molar-refractivity contribution in [1.82, 2.24) is 0 Å². The maximum absolute atomic E-state index is 6.11. The second kappa shape index (κ2) is 9.67. The molecule has 1 saturated heterocycles. The van der Waals surface area contributed by atoms with E-state index in [-0.39, 0.29) is 17.2 Å². The molecule has 1 aliphatic rings. The highest BCUT2D eigenvalue weighted by atomic mass is 32.2. The molecule has 1 heterocycles. The van der Waals surface area contributed by atoms with E-state index in [0.29, 0.717) is 0 Å². The molecule has 31 heavy (non-hydrogen) atoms. The van der Waals surface area contributed by atoms with E-state index in [9.17, 15) is 0 Å². The third kappa shape index (κ3) is 5.17. The zero-order valence-corrected chi connectivity index (χ0v) is 19.6. The molecule has 1 unspecified atom stereocenters. The highest BCUT2D eigenvalue weighted by Crippen LogP contribution is 2.35. The molecule has 0 radical (unpaired) electrons. The Morgan fingerprint density at radius 2 is 1.35 bits per heavy atom. The van der Waals surface area contributed by atoms with Gasteiger partial charge in [-0.25, -0.2) is 0 Å². The van der Waals surface area contributed by atoms with Gasteiger partial charge >= 0.3 is 0 Å². The van der Waals surface area contributed by atoms with E-state index in [1.54, 1.807) is 0 Å². The lowest BCUT2D eigenvalue weighted by molar-refractivity contribution is -0.0391. The lowest BCUT2D eigenvalue weighted by Crippen LogP contribution is -2.14. The van der Waals surface area contributed by atoms with Crippen molar-refractivity contribution in [3.8, 4) is 5.75 Å². The van der Waals surface area contributed by atoms with Gasteiger partial charge in [0, 0.05) is 52.1 Å². The number of rotatable bonds is 7. The van der Waals surface area contributed by atoms with Gasteiger partial charge in [-0.05, 0) is 67.1 Å². The molecule has 0 amide bonds. The fourth-order valence-electron chi connectivity index (χ4n) is 3.64. The molecule has 0 aromatic heterocycles. The third-order valence-corrected chi connectivity index (χ3v) is 7.59. The smallest absolute Gasteiger partial charge is 0.199 e. The van der Waals surface area contributed by atoms with Gasteiger partial charge < -0.3 is 19.3 Å². The summed E-state index contributed by atoms with van der Waals surface area (Å²) in [5.74, 6) is 0.872. The quantitative estimate of drug-likeness (QED) is 0.462. The van der Waals surface area contributed by atoms with Gasteiger partial charge in [-0.2, -0.15) is 0 Å². The van der Waals surface area contributed by atoms with Crippen LogP contribution in [0.5, 0.6) is 5.75 Å². The van der Waals surface area contributed by atoms with E-state index in [2.05, 4.69) is 105 Å². The summed E-state index contributed by atoms with van der Waals surface area (Å²) < 4.78 is 11.8. The van der Waals surface area contributed by atoms with Crippen LogP contribution in [0.4, 0.5) is 11.4 Å². The molecular formula is C26H31N2O2S+. The first kappa shape index (κ1) is 21.6. The second-order valence-corrected chi connectivity index (χ2v) is 10.1. The van der Waals surface area contributed by atoms with Crippen LogP contribution < -0.4 is 14.5 Å². The Morgan fingerprint density at radius 1 is 0.774 bits per heavy atom. The van der Waals surface area contributed by atoms with Crippen molar-refractivity contribution in [2.24, 2.45) is 0 Å². The Kier molecular flexibility index (Phi) is 6.73. The molecule has 1 aliphatic heterocycles. The Labute approximate surface area is 188 Å². The molecule has 0 aliphatic carbocycles. The van der Waals surface area contributed by atoms with Gasteiger partial charge in [-0.3, -0.25) is 0 Å². The molecule has 4 rings (SSSR count). The summed E-state index contributed by atoms with van der Waals surface area (Å²) in [5.41, 5.74) is 2.40. The Morgan fingerprint density at radius 3 is 1.84 bits per heavy atom. The van der Waals surface area contributed by atoms with E-state index >= 15 is 0 Å². The number of anilines is 2. The second-order valence-electron chi connectivity index (χ2n) is 8.12. The van der Waals surface area contributed by atoms with Gasteiger partial charge in [0.15, 0.2) is 21.0 Å². The average molecular weight is 436 g/mol. The van der Waals surface area contributed by atoms with Crippen LogP contribution in [-0.2, 0) is 15.6 Å². The minimum Gasteiger partial charge on any atom is -0.465 e. The van der Waals surface area contributed by atoms with E-state index in [1.165, 1.54) is 26.1 Å². The van der Waals surface area contributed by atoms with Crippen LogP contribution >= 0.6 is 0 Å². The van der Waals surface area contributed by atoms with Crippen molar-refractivity contribution in [2.45, 2.75) is 33.8 Å². The van der Waals surface area contributed by atoms with Crippen LogP contribution in [0.1, 0.15) is 12.8 Å². The predicted molar refractivity (Wildman–Crippen MR) is 130 cm³/mol. The summed E-state index contributed by atoms with van der Waals surface area (Å²) in [7, 11) is 8.05. The zero-order valence-electron chi connectivity index (χ0n) is 18.7. The van der Waals surface area contributed by atoms with E-state index < -0.39 is 0 Å². The highest BCUT2D eigenvalue weighted by molar-refractivity contribution is 7.97. The van der Waals surface area contributed by atoms with E-state index in [1.807, 2.05) is 6.07 Å². The van der Waals surface area contributed by atoms with Crippen molar-refractivity contribution in [3.05, 3.63) is 72.8 Å². The molecule has 0 N–H and O–H groups in total.